The number of hydrogen-bond donors (Lipinski definition) is 1. The molecule has 0 saturated carbocycles. The molecule has 0 spiro atoms. The van der Waals surface area contributed by atoms with Crippen molar-refractivity contribution in [1.29, 1.82) is 0 Å². The predicted molar refractivity (Wildman–Crippen MR) is 76.5 cm³/mol. The molecule has 19 heavy (non-hydrogen) atoms. The van der Waals surface area contributed by atoms with Crippen LogP contribution in [0.5, 0.6) is 0 Å². The van der Waals surface area contributed by atoms with Gasteiger partial charge in [0.15, 0.2) is 5.13 Å². The van der Waals surface area contributed by atoms with E-state index in [-0.39, 0.29) is 0 Å². The molecule has 1 N–H and O–H groups in total. The standard InChI is InChI=1S/C13H13N5S/c1-2-18-8-11(7-15-18)16-13-17-12(9-19-13)10-3-5-14-6-4-10/h3-9H,2H2,1H3,(H,16,17). The third kappa shape index (κ3) is 2.63. The molecule has 0 saturated heterocycles. The molecule has 0 aromatic carbocycles. The van der Waals surface area contributed by atoms with Gasteiger partial charge in [0.1, 0.15) is 0 Å². The average Bonchev–Trinajstić information content (AvgIpc) is 3.09. The van der Waals surface area contributed by atoms with Crippen molar-refractivity contribution in [3.8, 4) is 11.3 Å². The highest BCUT2D eigenvalue weighted by Crippen LogP contribution is 2.26. The Labute approximate surface area is 115 Å². The van der Waals surface area contributed by atoms with Gasteiger partial charge in [-0.1, -0.05) is 0 Å². The van der Waals surface area contributed by atoms with Crippen LogP contribution in [0.3, 0.4) is 0 Å². The van der Waals surface area contributed by atoms with Crippen LogP contribution >= 0.6 is 11.3 Å². The van der Waals surface area contributed by atoms with Gasteiger partial charge < -0.3 is 5.32 Å². The van der Waals surface area contributed by atoms with E-state index >= 15 is 0 Å². The average molecular weight is 271 g/mol. The molecular formula is C13H13N5S. The molecule has 5 nitrogen and oxygen atoms in total. The zero-order valence-electron chi connectivity index (χ0n) is 10.4. The van der Waals surface area contributed by atoms with Gasteiger partial charge in [-0.2, -0.15) is 5.10 Å². The zero-order chi connectivity index (χ0) is 13.1. The van der Waals surface area contributed by atoms with E-state index in [1.165, 1.54) is 0 Å². The summed E-state index contributed by atoms with van der Waals surface area (Å²) >= 11 is 1.58. The smallest absolute Gasteiger partial charge is 0.187 e. The quantitative estimate of drug-likeness (QED) is 0.792. The van der Waals surface area contributed by atoms with Crippen LogP contribution in [0.15, 0.2) is 42.3 Å². The first-order valence-corrected chi connectivity index (χ1v) is 6.88. The summed E-state index contributed by atoms with van der Waals surface area (Å²) in [5, 5.41) is 10.4. The highest BCUT2D eigenvalue weighted by Gasteiger charge is 2.05. The Balaban J connectivity index is 1.78. The normalized spacial score (nSPS) is 10.6. The maximum Gasteiger partial charge on any atom is 0.187 e. The fourth-order valence-electron chi connectivity index (χ4n) is 1.71. The Morgan fingerprint density at radius 2 is 2.16 bits per heavy atom. The van der Waals surface area contributed by atoms with Crippen LogP contribution in [0.25, 0.3) is 11.3 Å². The number of thiazole rings is 1. The molecule has 0 aliphatic heterocycles. The molecule has 0 bridgehead atoms. The lowest BCUT2D eigenvalue weighted by molar-refractivity contribution is 0.660. The number of nitrogens with zero attached hydrogens (tertiary/aromatic N) is 4. The molecule has 0 fully saturated rings. The van der Waals surface area contributed by atoms with Crippen molar-refractivity contribution in [3.05, 3.63) is 42.3 Å². The fourth-order valence-corrected chi connectivity index (χ4v) is 2.45. The third-order valence-corrected chi connectivity index (χ3v) is 3.45. The van der Waals surface area contributed by atoms with Gasteiger partial charge in [0.2, 0.25) is 0 Å². The maximum absolute atomic E-state index is 4.55. The van der Waals surface area contributed by atoms with Gasteiger partial charge in [0, 0.05) is 36.1 Å². The first-order chi connectivity index (χ1) is 9.35. The van der Waals surface area contributed by atoms with Crippen molar-refractivity contribution in [1.82, 2.24) is 19.7 Å². The van der Waals surface area contributed by atoms with E-state index in [1.807, 2.05) is 28.4 Å². The van der Waals surface area contributed by atoms with E-state index in [1.54, 1.807) is 29.9 Å². The first-order valence-electron chi connectivity index (χ1n) is 6.00. The largest absolute Gasteiger partial charge is 0.329 e. The summed E-state index contributed by atoms with van der Waals surface area (Å²) in [5.74, 6) is 0. The summed E-state index contributed by atoms with van der Waals surface area (Å²) in [7, 11) is 0. The van der Waals surface area contributed by atoms with Gasteiger partial charge in [-0.3, -0.25) is 9.67 Å². The summed E-state index contributed by atoms with van der Waals surface area (Å²) in [6, 6.07) is 3.90. The molecule has 0 unspecified atom stereocenters. The number of nitrogens with one attached hydrogen (secondary N) is 1. The molecular weight excluding hydrogens is 258 g/mol. The summed E-state index contributed by atoms with van der Waals surface area (Å²) in [4.78, 5) is 8.56. The van der Waals surface area contributed by atoms with Crippen molar-refractivity contribution >= 4 is 22.2 Å². The van der Waals surface area contributed by atoms with Gasteiger partial charge in [-0.25, -0.2) is 4.98 Å². The summed E-state index contributed by atoms with van der Waals surface area (Å²) in [6.07, 6.45) is 7.31. The molecule has 0 aliphatic rings. The van der Waals surface area contributed by atoms with Gasteiger partial charge in [-0.05, 0) is 19.1 Å². The van der Waals surface area contributed by atoms with Crippen molar-refractivity contribution in [2.24, 2.45) is 0 Å². The Morgan fingerprint density at radius 1 is 1.32 bits per heavy atom. The molecule has 3 rings (SSSR count). The molecule has 0 aliphatic carbocycles. The number of rotatable bonds is 4. The topological polar surface area (TPSA) is 55.6 Å². The van der Waals surface area contributed by atoms with Crippen LogP contribution in [-0.4, -0.2) is 19.7 Å². The first kappa shape index (κ1) is 11.9. The predicted octanol–water partition coefficient (Wildman–Crippen LogP) is 3.17. The van der Waals surface area contributed by atoms with Crippen LogP contribution in [0.1, 0.15) is 6.92 Å². The molecule has 0 radical (unpaired) electrons. The molecule has 96 valence electrons. The van der Waals surface area contributed by atoms with Crippen molar-refractivity contribution in [2.45, 2.75) is 13.5 Å². The minimum atomic E-state index is 0.863. The molecule has 3 aromatic rings. The lowest BCUT2D eigenvalue weighted by atomic mass is 10.2. The lowest BCUT2D eigenvalue weighted by Crippen LogP contribution is -1.92. The van der Waals surface area contributed by atoms with Crippen LogP contribution in [0, 0.1) is 0 Å². The van der Waals surface area contributed by atoms with E-state index in [9.17, 15) is 0 Å². The highest BCUT2D eigenvalue weighted by molar-refractivity contribution is 7.14. The molecule has 0 amide bonds. The number of pyridine rings is 1. The zero-order valence-corrected chi connectivity index (χ0v) is 11.3. The second kappa shape index (κ2) is 5.19. The Kier molecular flexibility index (Phi) is 3.24. The van der Waals surface area contributed by atoms with Gasteiger partial charge in [0.05, 0.1) is 17.6 Å². The highest BCUT2D eigenvalue weighted by atomic mass is 32.1. The van der Waals surface area contributed by atoms with E-state index in [2.05, 4.69) is 27.3 Å². The Bertz CT molecular complexity index is 658. The summed E-state index contributed by atoms with van der Waals surface area (Å²) < 4.78 is 1.87. The van der Waals surface area contributed by atoms with Crippen LogP contribution in [0.2, 0.25) is 0 Å². The van der Waals surface area contributed by atoms with Gasteiger partial charge in [-0.15, -0.1) is 11.3 Å². The number of aromatic nitrogens is 4. The van der Waals surface area contributed by atoms with Gasteiger partial charge in [0.25, 0.3) is 0 Å². The lowest BCUT2D eigenvalue weighted by Gasteiger charge is -1.97. The van der Waals surface area contributed by atoms with Crippen LogP contribution in [-0.2, 0) is 6.54 Å². The Hall–Kier alpha value is -2.21. The van der Waals surface area contributed by atoms with E-state index in [0.717, 1.165) is 28.6 Å². The van der Waals surface area contributed by atoms with E-state index < -0.39 is 0 Å². The SMILES string of the molecule is CCn1cc(Nc2nc(-c3ccncc3)cs2)cn1. The van der Waals surface area contributed by atoms with Gasteiger partial charge >= 0.3 is 0 Å². The van der Waals surface area contributed by atoms with Crippen molar-refractivity contribution < 1.29 is 0 Å². The van der Waals surface area contributed by atoms with Crippen LogP contribution < -0.4 is 5.32 Å². The third-order valence-electron chi connectivity index (χ3n) is 2.69. The minimum Gasteiger partial charge on any atom is -0.329 e. The van der Waals surface area contributed by atoms with Crippen molar-refractivity contribution in [2.75, 3.05) is 5.32 Å². The van der Waals surface area contributed by atoms with Crippen LogP contribution in [0.4, 0.5) is 10.8 Å². The fraction of sp³-hybridized carbons (Fsp3) is 0.154. The van der Waals surface area contributed by atoms with E-state index in [0.29, 0.717) is 0 Å². The summed E-state index contributed by atoms with van der Waals surface area (Å²) in [5.41, 5.74) is 2.99. The Morgan fingerprint density at radius 3 is 2.89 bits per heavy atom. The maximum atomic E-state index is 4.55. The number of hydrogen-bond acceptors (Lipinski definition) is 5. The number of anilines is 2. The molecule has 0 atom stereocenters. The monoisotopic (exact) mass is 271 g/mol. The van der Waals surface area contributed by atoms with E-state index in [4.69, 9.17) is 0 Å². The second-order valence-electron chi connectivity index (χ2n) is 3.98. The molecule has 3 aromatic heterocycles. The summed E-state index contributed by atoms with van der Waals surface area (Å²) in [6.45, 7) is 2.92. The van der Waals surface area contributed by atoms with Crippen molar-refractivity contribution in [3.63, 3.8) is 0 Å². The molecule has 6 heteroatoms. The second-order valence-corrected chi connectivity index (χ2v) is 4.84. The number of aryl methyl sites for hydroxylation is 1. The minimum absolute atomic E-state index is 0.863. The molecule has 3 heterocycles.